The van der Waals surface area contributed by atoms with E-state index in [4.69, 9.17) is 9.26 Å². The molecule has 1 aromatic carbocycles. The first-order valence-corrected chi connectivity index (χ1v) is 9.06. The van der Waals surface area contributed by atoms with Gasteiger partial charge in [0, 0.05) is 12.1 Å². The van der Waals surface area contributed by atoms with Crippen LogP contribution in [0.4, 0.5) is 0 Å². The number of nitrogens with one attached hydrogen (secondary N) is 1. The smallest absolute Gasteiger partial charge is 0.273 e. The summed E-state index contributed by atoms with van der Waals surface area (Å²) < 4.78 is 10.7. The summed E-state index contributed by atoms with van der Waals surface area (Å²) >= 11 is 0. The van der Waals surface area contributed by atoms with Crippen LogP contribution in [-0.2, 0) is 0 Å². The highest BCUT2D eigenvalue weighted by molar-refractivity contribution is 5.93. The van der Waals surface area contributed by atoms with Gasteiger partial charge in [-0.3, -0.25) is 4.79 Å². The number of para-hydroxylation sites is 1. The Kier molecular flexibility index (Phi) is 4.24. The third-order valence-electron chi connectivity index (χ3n) is 5.91. The van der Waals surface area contributed by atoms with Gasteiger partial charge in [-0.15, -0.1) is 0 Å². The number of benzene rings is 1. The number of nitrogens with zero attached hydrogens (tertiary/aromatic N) is 1. The molecule has 1 amide bonds. The first-order chi connectivity index (χ1) is 12.2. The van der Waals surface area contributed by atoms with Gasteiger partial charge in [0.05, 0.1) is 12.7 Å². The van der Waals surface area contributed by atoms with Crippen molar-refractivity contribution >= 4 is 5.91 Å². The number of hydrogen-bond acceptors (Lipinski definition) is 4. The van der Waals surface area contributed by atoms with E-state index in [1.54, 1.807) is 13.2 Å². The molecule has 2 saturated carbocycles. The molecular formula is C20H24N2O3. The Labute approximate surface area is 147 Å². The highest BCUT2D eigenvalue weighted by Crippen LogP contribution is 2.49. The Morgan fingerprint density at radius 1 is 1.32 bits per heavy atom. The van der Waals surface area contributed by atoms with Gasteiger partial charge in [0.1, 0.15) is 5.75 Å². The highest BCUT2D eigenvalue weighted by Gasteiger charge is 2.42. The van der Waals surface area contributed by atoms with E-state index in [1.807, 2.05) is 24.3 Å². The number of amides is 1. The Balaban J connectivity index is 1.45. The average Bonchev–Trinajstić information content (AvgIpc) is 3.37. The maximum absolute atomic E-state index is 12.6. The monoisotopic (exact) mass is 340 g/mol. The topological polar surface area (TPSA) is 64.4 Å². The van der Waals surface area contributed by atoms with Crippen LogP contribution in [0.5, 0.6) is 5.75 Å². The van der Waals surface area contributed by atoms with E-state index in [0.29, 0.717) is 23.1 Å². The van der Waals surface area contributed by atoms with Crippen molar-refractivity contribution < 1.29 is 14.1 Å². The molecule has 0 spiro atoms. The van der Waals surface area contributed by atoms with E-state index in [-0.39, 0.29) is 11.9 Å². The van der Waals surface area contributed by atoms with Crippen molar-refractivity contribution in [1.29, 1.82) is 0 Å². The van der Waals surface area contributed by atoms with E-state index in [9.17, 15) is 4.79 Å². The van der Waals surface area contributed by atoms with Crippen molar-refractivity contribution in [3.05, 3.63) is 36.0 Å². The zero-order valence-electron chi connectivity index (χ0n) is 14.7. The molecule has 2 aromatic rings. The second kappa shape index (κ2) is 6.54. The van der Waals surface area contributed by atoms with Crippen molar-refractivity contribution in [2.45, 2.75) is 38.6 Å². The van der Waals surface area contributed by atoms with Crippen LogP contribution < -0.4 is 10.1 Å². The fourth-order valence-corrected chi connectivity index (χ4v) is 4.65. The van der Waals surface area contributed by atoms with Gasteiger partial charge in [-0.1, -0.05) is 23.7 Å². The lowest BCUT2D eigenvalue weighted by atomic mass is 9.84. The van der Waals surface area contributed by atoms with Gasteiger partial charge in [-0.05, 0) is 56.1 Å². The number of rotatable bonds is 5. The molecule has 2 aliphatic rings. The summed E-state index contributed by atoms with van der Waals surface area (Å²) in [5.74, 6) is 3.32. The fourth-order valence-electron chi connectivity index (χ4n) is 4.65. The third kappa shape index (κ3) is 3.03. The van der Waals surface area contributed by atoms with Crippen molar-refractivity contribution in [3.63, 3.8) is 0 Å². The van der Waals surface area contributed by atoms with E-state index in [1.165, 1.54) is 25.7 Å². The predicted molar refractivity (Wildman–Crippen MR) is 94.4 cm³/mol. The van der Waals surface area contributed by atoms with Gasteiger partial charge < -0.3 is 14.6 Å². The summed E-state index contributed by atoms with van der Waals surface area (Å²) in [6.45, 7) is 2.12. The van der Waals surface area contributed by atoms with Crippen molar-refractivity contribution in [2.75, 3.05) is 7.11 Å². The van der Waals surface area contributed by atoms with Crippen LogP contribution in [0.15, 0.2) is 34.9 Å². The summed E-state index contributed by atoms with van der Waals surface area (Å²) in [4.78, 5) is 12.6. The van der Waals surface area contributed by atoms with Crippen LogP contribution >= 0.6 is 0 Å². The van der Waals surface area contributed by atoms with Gasteiger partial charge in [0.15, 0.2) is 11.5 Å². The molecule has 0 aliphatic heterocycles. The maximum atomic E-state index is 12.6. The average molecular weight is 340 g/mol. The molecule has 0 radical (unpaired) electrons. The summed E-state index contributed by atoms with van der Waals surface area (Å²) in [5, 5.41) is 7.08. The van der Waals surface area contributed by atoms with Crippen LogP contribution in [0.3, 0.4) is 0 Å². The lowest BCUT2D eigenvalue weighted by Crippen LogP contribution is -2.40. The minimum Gasteiger partial charge on any atom is -0.496 e. The molecule has 1 aromatic heterocycles. The molecule has 0 saturated heterocycles. The van der Waals surface area contributed by atoms with Crippen molar-refractivity contribution in [1.82, 2.24) is 10.5 Å². The van der Waals surface area contributed by atoms with Crippen LogP contribution in [0.1, 0.15) is 43.1 Å². The Hall–Kier alpha value is -2.30. The zero-order chi connectivity index (χ0) is 17.4. The largest absolute Gasteiger partial charge is 0.496 e. The maximum Gasteiger partial charge on any atom is 0.273 e. The van der Waals surface area contributed by atoms with Gasteiger partial charge in [-0.25, -0.2) is 0 Å². The minimum absolute atomic E-state index is 0.167. The standard InChI is InChI=1S/C20H24N2O3/c1-12(16-10-13-7-8-14(16)9-13)21-20(23)17-11-19(25-22-17)15-5-3-4-6-18(15)24-2/h3-6,11-14,16H,7-10H2,1-2H3,(H,21,23)/t12-,13+,14+,16-/m0/s1. The van der Waals surface area contributed by atoms with Gasteiger partial charge in [-0.2, -0.15) is 0 Å². The van der Waals surface area contributed by atoms with Crippen molar-refractivity contribution in [2.24, 2.45) is 17.8 Å². The number of aromatic nitrogens is 1. The van der Waals surface area contributed by atoms with E-state index < -0.39 is 0 Å². The Morgan fingerprint density at radius 3 is 2.88 bits per heavy atom. The Morgan fingerprint density at radius 2 is 2.16 bits per heavy atom. The second-order valence-electron chi connectivity index (χ2n) is 7.38. The third-order valence-corrected chi connectivity index (χ3v) is 5.91. The van der Waals surface area contributed by atoms with Gasteiger partial charge >= 0.3 is 0 Å². The SMILES string of the molecule is COc1ccccc1-c1cc(C(=O)N[C@@H](C)[C@@H]2C[C@@H]3CC[C@@H]2C3)no1. The van der Waals surface area contributed by atoms with Crippen LogP contribution in [0.2, 0.25) is 0 Å². The molecule has 0 unspecified atom stereocenters. The van der Waals surface area contributed by atoms with Gasteiger partial charge in [0.2, 0.25) is 0 Å². The lowest BCUT2D eigenvalue weighted by Gasteiger charge is -2.28. The quantitative estimate of drug-likeness (QED) is 0.896. The Bertz CT molecular complexity index is 770. The molecule has 5 heteroatoms. The summed E-state index contributed by atoms with van der Waals surface area (Å²) in [6.07, 6.45) is 5.27. The summed E-state index contributed by atoms with van der Waals surface area (Å²) in [7, 11) is 1.61. The number of carbonyl (C=O) groups is 1. The second-order valence-corrected chi connectivity index (χ2v) is 7.38. The molecule has 1 heterocycles. The summed E-state index contributed by atoms with van der Waals surface area (Å²) in [6, 6.07) is 9.39. The summed E-state index contributed by atoms with van der Waals surface area (Å²) in [5.41, 5.74) is 1.11. The number of ether oxygens (including phenoxy) is 1. The van der Waals surface area contributed by atoms with E-state index in [2.05, 4.69) is 17.4 Å². The molecular weight excluding hydrogens is 316 g/mol. The first-order valence-electron chi connectivity index (χ1n) is 9.06. The lowest BCUT2D eigenvalue weighted by molar-refractivity contribution is 0.0906. The molecule has 2 bridgehead atoms. The van der Waals surface area contributed by atoms with Crippen LogP contribution in [-0.4, -0.2) is 24.2 Å². The molecule has 4 atom stereocenters. The number of fused-ring (bicyclic) bond motifs is 2. The molecule has 1 N–H and O–H groups in total. The van der Waals surface area contributed by atoms with Crippen LogP contribution in [0, 0.1) is 17.8 Å². The van der Waals surface area contributed by atoms with E-state index in [0.717, 1.165) is 17.4 Å². The molecule has 2 fully saturated rings. The number of methoxy groups -OCH3 is 1. The van der Waals surface area contributed by atoms with Crippen LogP contribution in [0.25, 0.3) is 11.3 Å². The molecule has 5 nitrogen and oxygen atoms in total. The first kappa shape index (κ1) is 16.2. The molecule has 4 rings (SSSR count). The number of carbonyl (C=O) groups excluding carboxylic acids is 1. The van der Waals surface area contributed by atoms with E-state index >= 15 is 0 Å². The minimum atomic E-state index is -0.167. The zero-order valence-corrected chi connectivity index (χ0v) is 14.7. The highest BCUT2D eigenvalue weighted by atomic mass is 16.5. The normalized spacial score (nSPS) is 25.8. The molecule has 2 aliphatic carbocycles. The number of hydrogen-bond donors (Lipinski definition) is 1. The molecule has 25 heavy (non-hydrogen) atoms. The fraction of sp³-hybridized carbons (Fsp3) is 0.500. The van der Waals surface area contributed by atoms with Crippen molar-refractivity contribution in [3.8, 4) is 17.1 Å². The molecule has 132 valence electrons. The predicted octanol–water partition coefficient (Wildman–Crippen LogP) is 3.90. The van der Waals surface area contributed by atoms with Gasteiger partial charge in [0.25, 0.3) is 5.91 Å².